The molecule has 0 bridgehead atoms. The molecule has 0 spiro atoms. The number of carboxylic acids is 1. The highest BCUT2D eigenvalue weighted by molar-refractivity contribution is 5.76. The molecule has 1 amide bonds. The molecule has 1 fully saturated rings. The molecule has 0 aliphatic carbocycles. The van der Waals surface area contributed by atoms with Gasteiger partial charge in [-0.05, 0) is 38.0 Å². The Labute approximate surface area is 141 Å². The van der Waals surface area contributed by atoms with Crippen LogP contribution in [0.4, 0.5) is 4.79 Å². The van der Waals surface area contributed by atoms with Crippen LogP contribution in [0.5, 0.6) is 5.75 Å². The van der Waals surface area contributed by atoms with E-state index in [2.05, 4.69) is 0 Å². The number of benzene rings is 1. The largest absolute Gasteiger partial charge is 0.493 e. The summed E-state index contributed by atoms with van der Waals surface area (Å²) >= 11 is 0. The molecule has 2 aliphatic heterocycles. The van der Waals surface area contributed by atoms with Crippen LogP contribution < -0.4 is 4.74 Å². The maximum Gasteiger partial charge on any atom is 0.410 e. The average molecular weight is 333 g/mol. The van der Waals surface area contributed by atoms with Crippen LogP contribution in [-0.4, -0.2) is 47.4 Å². The van der Waals surface area contributed by atoms with Crippen LogP contribution in [0.25, 0.3) is 0 Å². The highest BCUT2D eigenvalue weighted by atomic mass is 16.6. The van der Waals surface area contributed by atoms with Crippen molar-refractivity contribution in [1.29, 1.82) is 0 Å². The number of fused-ring (bicyclic) bond motifs is 1. The van der Waals surface area contributed by atoms with Crippen LogP contribution in [0, 0.1) is 5.92 Å². The van der Waals surface area contributed by atoms with Crippen LogP contribution in [0.3, 0.4) is 0 Å². The lowest BCUT2D eigenvalue weighted by Gasteiger charge is -2.24. The van der Waals surface area contributed by atoms with Crippen molar-refractivity contribution in [1.82, 2.24) is 4.90 Å². The summed E-state index contributed by atoms with van der Waals surface area (Å²) in [6.45, 7) is 6.58. The fourth-order valence-corrected chi connectivity index (χ4v) is 3.30. The van der Waals surface area contributed by atoms with Gasteiger partial charge >= 0.3 is 12.1 Å². The average Bonchev–Trinajstić information content (AvgIpc) is 3.11. The van der Waals surface area contributed by atoms with Gasteiger partial charge in [-0.15, -0.1) is 0 Å². The van der Waals surface area contributed by atoms with Crippen molar-refractivity contribution >= 4 is 12.1 Å². The van der Waals surface area contributed by atoms with Gasteiger partial charge in [0.15, 0.2) is 0 Å². The number of nitrogens with zero attached hydrogens (tertiary/aromatic N) is 1. The van der Waals surface area contributed by atoms with Crippen LogP contribution in [0.15, 0.2) is 18.2 Å². The molecule has 2 heterocycles. The van der Waals surface area contributed by atoms with E-state index in [1.54, 1.807) is 20.8 Å². The smallest absolute Gasteiger partial charge is 0.410 e. The van der Waals surface area contributed by atoms with E-state index in [1.807, 2.05) is 18.2 Å². The lowest BCUT2D eigenvalue weighted by molar-refractivity contribution is -0.141. The third-order valence-electron chi connectivity index (χ3n) is 4.43. The summed E-state index contributed by atoms with van der Waals surface area (Å²) in [5.74, 6) is -0.880. The first kappa shape index (κ1) is 16.6. The number of carboxylic acid groups (broad SMARTS) is 1. The van der Waals surface area contributed by atoms with Gasteiger partial charge in [0.25, 0.3) is 0 Å². The van der Waals surface area contributed by atoms with E-state index in [1.165, 1.54) is 4.90 Å². The minimum atomic E-state index is -0.886. The number of ether oxygens (including phenoxy) is 2. The Morgan fingerprint density at radius 2 is 2.04 bits per heavy atom. The van der Waals surface area contributed by atoms with Crippen molar-refractivity contribution in [3.05, 3.63) is 29.3 Å². The first-order valence-electron chi connectivity index (χ1n) is 8.21. The van der Waals surface area contributed by atoms with Crippen molar-refractivity contribution in [3.8, 4) is 5.75 Å². The molecule has 1 aromatic rings. The quantitative estimate of drug-likeness (QED) is 0.900. The molecular weight excluding hydrogens is 310 g/mol. The highest BCUT2D eigenvalue weighted by Crippen LogP contribution is 2.36. The molecule has 130 valence electrons. The number of carbonyl (C=O) groups is 2. The van der Waals surface area contributed by atoms with Gasteiger partial charge in [-0.25, -0.2) is 4.79 Å². The van der Waals surface area contributed by atoms with Gasteiger partial charge < -0.3 is 19.5 Å². The monoisotopic (exact) mass is 333 g/mol. The summed E-state index contributed by atoms with van der Waals surface area (Å²) in [7, 11) is 0. The number of amides is 1. The van der Waals surface area contributed by atoms with E-state index < -0.39 is 23.6 Å². The van der Waals surface area contributed by atoms with Crippen molar-refractivity contribution in [3.63, 3.8) is 0 Å². The van der Waals surface area contributed by atoms with Crippen LogP contribution >= 0.6 is 0 Å². The van der Waals surface area contributed by atoms with Crippen molar-refractivity contribution in [2.75, 3.05) is 19.7 Å². The maximum atomic E-state index is 12.3. The first-order chi connectivity index (χ1) is 11.2. The second-order valence-electron chi connectivity index (χ2n) is 7.40. The lowest BCUT2D eigenvalue weighted by Crippen LogP contribution is -2.35. The number of rotatable bonds is 2. The Balaban J connectivity index is 1.81. The summed E-state index contributed by atoms with van der Waals surface area (Å²) in [4.78, 5) is 25.5. The molecule has 1 N–H and O–H groups in total. The molecule has 0 unspecified atom stereocenters. The molecule has 0 saturated carbocycles. The molecule has 0 radical (unpaired) electrons. The van der Waals surface area contributed by atoms with Crippen LogP contribution in [-0.2, 0) is 16.0 Å². The summed E-state index contributed by atoms with van der Waals surface area (Å²) in [6.07, 6.45) is 0.379. The molecule has 6 nitrogen and oxygen atoms in total. The third kappa shape index (κ3) is 3.32. The minimum absolute atomic E-state index is 0.169. The van der Waals surface area contributed by atoms with Gasteiger partial charge in [-0.1, -0.05) is 12.1 Å². The van der Waals surface area contributed by atoms with Gasteiger partial charge in [0, 0.05) is 25.4 Å². The zero-order valence-electron chi connectivity index (χ0n) is 14.2. The fourth-order valence-electron chi connectivity index (χ4n) is 3.30. The summed E-state index contributed by atoms with van der Waals surface area (Å²) in [5, 5.41) is 9.57. The van der Waals surface area contributed by atoms with E-state index in [4.69, 9.17) is 9.47 Å². The normalized spacial score (nSPS) is 22.9. The predicted octanol–water partition coefficient (Wildman–Crippen LogP) is 2.66. The van der Waals surface area contributed by atoms with E-state index >= 15 is 0 Å². The molecule has 2 atom stereocenters. The molecule has 6 heteroatoms. The summed E-state index contributed by atoms with van der Waals surface area (Å²) in [5.41, 5.74) is 1.45. The molecule has 2 aliphatic rings. The van der Waals surface area contributed by atoms with Crippen molar-refractivity contribution < 1.29 is 24.2 Å². The van der Waals surface area contributed by atoms with Gasteiger partial charge in [-0.3, -0.25) is 4.79 Å². The first-order valence-corrected chi connectivity index (χ1v) is 8.21. The fraction of sp³-hybridized carbons (Fsp3) is 0.556. The minimum Gasteiger partial charge on any atom is -0.493 e. The Morgan fingerprint density at radius 3 is 2.71 bits per heavy atom. The topological polar surface area (TPSA) is 76.1 Å². The van der Waals surface area contributed by atoms with E-state index in [-0.39, 0.29) is 12.5 Å². The Hall–Kier alpha value is -2.24. The molecular formula is C18H23NO5. The second kappa shape index (κ2) is 6.00. The number of likely N-dealkylation sites (tertiary alicyclic amines) is 1. The number of aliphatic carboxylic acids is 1. The van der Waals surface area contributed by atoms with E-state index in [9.17, 15) is 14.7 Å². The van der Waals surface area contributed by atoms with E-state index in [0.29, 0.717) is 13.2 Å². The summed E-state index contributed by atoms with van der Waals surface area (Å²) in [6, 6.07) is 5.82. The summed E-state index contributed by atoms with van der Waals surface area (Å²) < 4.78 is 10.9. The Bertz CT molecular complexity index is 664. The third-order valence-corrected chi connectivity index (χ3v) is 4.43. The predicted molar refractivity (Wildman–Crippen MR) is 87.3 cm³/mol. The lowest BCUT2D eigenvalue weighted by atomic mass is 9.88. The van der Waals surface area contributed by atoms with Crippen molar-refractivity contribution in [2.45, 2.75) is 38.7 Å². The van der Waals surface area contributed by atoms with E-state index in [0.717, 1.165) is 23.3 Å². The molecule has 24 heavy (non-hydrogen) atoms. The SMILES string of the molecule is CC(C)(C)OC(=O)N1C[C@@H](C(=O)O)[C@H](c2ccc3c(c2)CCO3)C1. The number of hydrogen-bond acceptors (Lipinski definition) is 4. The second-order valence-corrected chi connectivity index (χ2v) is 7.40. The molecule has 1 saturated heterocycles. The zero-order valence-corrected chi connectivity index (χ0v) is 14.2. The molecule has 0 aromatic heterocycles. The van der Waals surface area contributed by atoms with Gasteiger partial charge in [-0.2, -0.15) is 0 Å². The number of hydrogen-bond donors (Lipinski definition) is 1. The standard InChI is InChI=1S/C18H23NO5/c1-18(2,3)24-17(22)19-9-13(14(10-19)16(20)21)11-4-5-15-12(8-11)6-7-23-15/h4-5,8,13-14H,6-7,9-10H2,1-3H3,(H,20,21)/t13-,14+/m0/s1. The van der Waals surface area contributed by atoms with Gasteiger partial charge in [0.1, 0.15) is 11.4 Å². The number of carbonyl (C=O) groups excluding carboxylic acids is 1. The van der Waals surface area contributed by atoms with Gasteiger partial charge in [0.05, 0.1) is 12.5 Å². The van der Waals surface area contributed by atoms with Crippen LogP contribution in [0.1, 0.15) is 37.8 Å². The Kier molecular flexibility index (Phi) is 4.15. The van der Waals surface area contributed by atoms with Gasteiger partial charge in [0.2, 0.25) is 0 Å². The Morgan fingerprint density at radius 1 is 1.29 bits per heavy atom. The van der Waals surface area contributed by atoms with Crippen molar-refractivity contribution in [2.24, 2.45) is 5.92 Å². The highest BCUT2D eigenvalue weighted by Gasteiger charge is 2.42. The van der Waals surface area contributed by atoms with Crippen LogP contribution in [0.2, 0.25) is 0 Å². The molecule has 1 aromatic carbocycles. The maximum absolute atomic E-state index is 12.3. The zero-order chi connectivity index (χ0) is 17.5. The molecule has 3 rings (SSSR count).